The number of amides is 1. The first-order valence-corrected chi connectivity index (χ1v) is 7.12. The molecule has 0 fully saturated rings. The minimum absolute atomic E-state index is 0.140. The Morgan fingerprint density at radius 1 is 1.12 bits per heavy atom. The second-order valence-electron chi connectivity index (χ2n) is 4.94. The Morgan fingerprint density at radius 2 is 1.59 bits per heavy atom. The highest BCUT2D eigenvalue weighted by atomic mass is 16.2. The summed E-state index contributed by atoms with van der Waals surface area (Å²) >= 11 is 0. The van der Waals surface area contributed by atoms with Gasteiger partial charge in [-0.1, -0.05) is 47.0 Å². The molecule has 17 heavy (non-hydrogen) atoms. The summed E-state index contributed by atoms with van der Waals surface area (Å²) < 4.78 is 0. The molecule has 0 aliphatic carbocycles. The lowest BCUT2D eigenvalue weighted by Gasteiger charge is -2.28. The zero-order chi connectivity index (χ0) is 13.3. The molecule has 3 nitrogen and oxygen atoms in total. The second-order valence-corrected chi connectivity index (χ2v) is 4.94. The van der Waals surface area contributed by atoms with E-state index in [4.69, 9.17) is 5.73 Å². The van der Waals surface area contributed by atoms with Crippen LogP contribution in [0.4, 0.5) is 0 Å². The molecule has 0 aromatic rings. The van der Waals surface area contributed by atoms with Gasteiger partial charge in [0, 0.05) is 13.1 Å². The van der Waals surface area contributed by atoms with Crippen molar-refractivity contribution in [1.82, 2.24) is 4.90 Å². The summed E-state index contributed by atoms with van der Waals surface area (Å²) in [5, 5.41) is 0. The fraction of sp³-hybridized carbons (Fsp3) is 0.929. The molecule has 1 amide bonds. The van der Waals surface area contributed by atoms with E-state index in [2.05, 4.69) is 27.7 Å². The van der Waals surface area contributed by atoms with Gasteiger partial charge in [-0.05, 0) is 18.8 Å². The molecule has 3 heteroatoms. The van der Waals surface area contributed by atoms with Crippen LogP contribution in [0.15, 0.2) is 0 Å². The van der Waals surface area contributed by atoms with Crippen molar-refractivity contribution >= 4 is 5.91 Å². The van der Waals surface area contributed by atoms with E-state index in [1.165, 1.54) is 0 Å². The van der Waals surface area contributed by atoms with Crippen molar-refractivity contribution in [2.24, 2.45) is 11.7 Å². The SMILES string of the molecule is CCCCN(CCCC)C(=O)[C@@H](N)C(C)CC. The standard InChI is InChI=1S/C14H30N2O/c1-5-8-10-16(11-9-6-2)14(17)13(15)12(4)7-3/h12-13H,5-11,15H2,1-4H3/t12?,13-/m0/s1. The molecule has 0 aromatic carbocycles. The van der Waals surface area contributed by atoms with Crippen LogP contribution in [-0.4, -0.2) is 29.9 Å². The highest BCUT2D eigenvalue weighted by Crippen LogP contribution is 2.10. The van der Waals surface area contributed by atoms with Crippen molar-refractivity contribution < 1.29 is 4.79 Å². The van der Waals surface area contributed by atoms with Gasteiger partial charge in [-0.2, -0.15) is 0 Å². The number of rotatable bonds is 9. The predicted octanol–water partition coefficient (Wildman–Crippen LogP) is 2.79. The van der Waals surface area contributed by atoms with Crippen molar-refractivity contribution in [3.05, 3.63) is 0 Å². The molecule has 0 rings (SSSR count). The van der Waals surface area contributed by atoms with Crippen molar-refractivity contribution in [1.29, 1.82) is 0 Å². The van der Waals surface area contributed by atoms with Crippen LogP contribution in [0.5, 0.6) is 0 Å². The van der Waals surface area contributed by atoms with Crippen LogP contribution in [0.1, 0.15) is 59.8 Å². The average Bonchev–Trinajstić information content (AvgIpc) is 2.36. The van der Waals surface area contributed by atoms with E-state index < -0.39 is 0 Å². The summed E-state index contributed by atoms with van der Waals surface area (Å²) in [4.78, 5) is 14.2. The third-order valence-electron chi connectivity index (χ3n) is 3.42. The Bertz CT molecular complexity index is 198. The highest BCUT2D eigenvalue weighted by molar-refractivity contribution is 5.81. The summed E-state index contributed by atoms with van der Waals surface area (Å²) in [6.07, 6.45) is 5.34. The summed E-state index contributed by atoms with van der Waals surface area (Å²) in [6.45, 7) is 10.2. The Labute approximate surface area is 107 Å². The van der Waals surface area contributed by atoms with E-state index in [0.717, 1.165) is 45.2 Å². The first kappa shape index (κ1) is 16.4. The molecule has 0 aromatic heterocycles. The minimum Gasteiger partial charge on any atom is -0.341 e. The normalized spacial score (nSPS) is 14.4. The average molecular weight is 242 g/mol. The number of unbranched alkanes of at least 4 members (excludes halogenated alkanes) is 2. The summed E-state index contributed by atoms with van der Waals surface area (Å²) in [6, 6.07) is -0.325. The van der Waals surface area contributed by atoms with Crippen molar-refractivity contribution in [2.75, 3.05) is 13.1 Å². The minimum atomic E-state index is -0.325. The summed E-state index contributed by atoms with van der Waals surface area (Å²) in [5.74, 6) is 0.412. The lowest BCUT2D eigenvalue weighted by molar-refractivity contribution is -0.133. The Balaban J connectivity index is 4.38. The molecule has 0 aliphatic heterocycles. The van der Waals surface area contributed by atoms with E-state index in [1.54, 1.807) is 0 Å². The van der Waals surface area contributed by atoms with Gasteiger partial charge in [0.05, 0.1) is 6.04 Å². The number of nitrogens with two attached hydrogens (primary N) is 1. The number of carbonyl (C=O) groups is 1. The molecule has 0 heterocycles. The van der Waals surface area contributed by atoms with Crippen LogP contribution in [0.2, 0.25) is 0 Å². The summed E-state index contributed by atoms with van der Waals surface area (Å²) in [7, 11) is 0. The van der Waals surface area contributed by atoms with Crippen LogP contribution in [-0.2, 0) is 4.79 Å². The first-order chi connectivity index (χ1) is 8.08. The van der Waals surface area contributed by atoms with Gasteiger partial charge >= 0.3 is 0 Å². The van der Waals surface area contributed by atoms with E-state index >= 15 is 0 Å². The van der Waals surface area contributed by atoms with Gasteiger partial charge in [0.2, 0.25) is 5.91 Å². The van der Waals surface area contributed by atoms with Gasteiger partial charge in [-0.3, -0.25) is 4.79 Å². The van der Waals surface area contributed by atoms with Gasteiger partial charge in [-0.15, -0.1) is 0 Å². The molecule has 0 aliphatic rings. The van der Waals surface area contributed by atoms with E-state index in [1.807, 2.05) is 4.90 Å². The topological polar surface area (TPSA) is 46.3 Å². The van der Waals surface area contributed by atoms with Crippen LogP contribution < -0.4 is 5.73 Å². The molecule has 102 valence electrons. The quantitative estimate of drug-likeness (QED) is 0.676. The number of nitrogens with zero attached hydrogens (tertiary/aromatic N) is 1. The van der Waals surface area contributed by atoms with Crippen molar-refractivity contribution in [3.63, 3.8) is 0 Å². The zero-order valence-electron chi connectivity index (χ0n) is 12.0. The van der Waals surface area contributed by atoms with E-state index in [0.29, 0.717) is 0 Å². The predicted molar refractivity (Wildman–Crippen MR) is 73.8 cm³/mol. The van der Waals surface area contributed by atoms with Gasteiger partial charge in [0.1, 0.15) is 0 Å². The van der Waals surface area contributed by atoms with Crippen molar-refractivity contribution in [3.8, 4) is 0 Å². The van der Waals surface area contributed by atoms with Gasteiger partial charge in [0.25, 0.3) is 0 Å². The molecular weight excluding hydrogens is 212 g/mol. The number of hydrogen-bond acceptors (Lipinski definition) is 2. The van der Waals surface area contributed by atoms with Gasteiger partial charge in [-0.25, -0.2) is 0 Å². The van der Waals surface area contributed by atoms with Gasteiger partial charge < -0.3 is 10.6 Å². The maximum Gasteiger partial charge on any atom is 0.239 e. The fourth-order valence-corrected chi connectivity index (χ4v) is 1.74. The van der Waals surface area contributed by atoms with Crippen molar-refractivity contribution in [2.45, 2.75) is 65.8 Å². The van der Waals surface area contributed by atoms with Crippen LogP contribution in [0.25, 0.3) is 0 Å². The molecule has 0 saturated carbocycles. The fourth-order valence-electron chi connectivity index (χ4n) is 1.74. The third-order valence-corrected chi connectivity index (χ3v) is 3.42. The van der Waals surface area contributed by atoms with Crippen LogP contribution in [0.3, 0.4) is 0 Å². The zero-order valence-corrected chi connectivity index (χ0v) is 12.0. The second kappa shape index (κ2) is 9.46. The molecular formula is C14H30N2O. The maximum atomic E-state index is 12.3. The summed E-state index contributed by atoms with van der Waals surface area (Å²) in [5.41, 5.74) is 6.02. The molecule has 2 N–H and O–H groups in total. The van der Waals surface area contributed by atoms with Gasteiger partial charge in [0.15, 0.2) is 0 Å². The monoisotopic (exact) mass is 242 g/mol. The molecule has 1 unspecified atom stereocenters. The maximum absolute atomic E-state index is 12.3. The smallest absolute Gasteiger partial charge is 0.239 e. The van der Waals surface area contributed by atoms with E-state index in [9.17, 15) is 4.79 Å². The number of hydrogen-bond donors (Lipinski definition) is 1. The molecule has 2 atom stereocenters. The lowest BCUT2D eigenvalue weighted by Crippen LogP contribution is -2.47. The number of carbonyl (C=O) groups excluding carboxylic acids is 1. The molecule has 0 bridgehead atoms. The largest absolute Gasteiger partial charge is 0.341 e. The molecule has 0 radical (unpaired) electrons. The molecule has 0 spiro atoms. The van der Waals surface area contributed by atoms with E-state index in [-0.39, 0.29) is 17.9 Å². The third kappa shape index (κ3) is 6.06. The first-order valence-electron chi connectivity index (χ1n) is 7.12. The Morgan fingerprint density at radius 3 is 1.94 bits per heavy atom. The Hall–Kier alpha value is -0.570. The lowest BCUT2D eigenvalue weighted by atomic mass is 9.98. The Kier molecular flexibility index (Phi) is 9.14. The highest BCUT2D eigenvalue weighted by Gasteiger charge is 2.24. The van der Waals surface area contributed by atoms with Crippen LogP contribution >= 0.6 is 0 Å². The van der Waals surface area contributed by atoms with Crippen LogP contribution in [0, 0.1) is 5.92 Å². The molecule has 0 saturated heterocycles.